The summed E-state index contributed by atoms with van der Waals surface area (Å²) < 4.78 is 1.03. The molecule has 0 atom stereocenters. The van der Waals surface area contributed by atoms with E-state index in [1.807, 2.05) is 18.3 Å². The van der Waals surface area contributed by atoms with Crippen molar-refractivity contribution in [1.29, 1.82) is 0 Å². The van der Waals surface area contributed by atoms with E-state index in [1.165, 1.54) is 0 Å². The molecule has 4 rings (SSSR count). The van der Waals surface area contributed by atoms with Crippen molar-refractivity contribution >= 4 is 61.1 Å². The Bertz CT molecular complexity index is 948. The summed E-state index contributed by atoms with van der Waals surface area (Å²) in [6.45, 7) is 0. The van der Waals surface area contributed by atoms with Crippen molar-refractivity contribution < 1.29 is 0 Å². The molecule has 4 aromatic rings. The number of hydrogen-bond donors (Lipinski definition) is 2. The first-order valence-electron chi connectivity index (χ1n) is 6.23. The van der Waals surface area contributed by atoms with Gasteiger partial charge >= 0.3 is 0 Å². The third-order valence-electron chi connectivity index (χ3n) is 3.42. The van der Waals surface area contributed by atoms with Crippen molar-refractivity contribution in [2.45, 2.75) is 0 Å². The van der Waals surface area contributed by atoms with E-state index in [-0.39, 0.29) is 0 Å². The monoisotopic (exact) mass is 379 g/mol. The standard InChI is InChI=1S/C15H8BrCl2N3/c16-7-1-2-12-8(3-7)9(6-19-12)15-20-13-4-10(17)11(18)5-14(13)21-15/h1-6,19H,(H,20,21). The third-order valence-corrected chi connectivity index (χ3v) is 4.64. The van der Waals surface area contributed by atoms with E-state index >= 15 is 0 Å². The second kappa shape index (κ2) is 4.77. The number of fused-ring (bicyclic) bond motifs is 2. The van der Waals surface area contributed by atoms with Crippen molar-refractivity contribution in [3.63, 3.8) is 0 Å². The van der Waals surface area contributed by atoms with Crippen molar-refractivity contribution in [3.05, 3.63) is 51.0 Å². The van der Waals surface area contributed by atoms with E-state index in [0.717, 1.165) is 37.8 Å². The number of imidazole rings is 1. The maximum Gasteiger partial charge on any atom is 0.140 e. The van der Waals surface area contributed by atoms with E-state index in [4.69, 9.17) is 23.2 Å². The molecule has 0 bridgehead atoms. The molecule has 0 aliphatic rings. The Labute approximate surface area is 138 Å². The molecule has 0 aliphatic carbocycles. The van der Waals surface area contributed by atoms with Crippen molar-refractivity contribution in [2.75, 3.05) is 0 Å². The molecule has 2 aromatic carbocycles. The van der Waals surface area contributed by atoms with Crippen molar-refractivity contribution in [3.8, 4) is 11.4 Å². The van der Waals surface area contributed by atoms with Gasteiger partial charge in [-0.05, 0) is 30.3 Å². The first kappa shape index (κ1) is 13.2. The molecule has 0 saturated heterocycles. The summed E-state index contributed by atoms with van der Waals surface area (Å²) >= 11 is 15.6. The van der Waals surface area contributed by atoms with Crippen LogP contribution in [0.15, 0.2) is 41.0 Å². The Morgan fingerprint density at radius 1 is 1.00 bits per heavy atom. The summed E-state index contributed by atoms with van der Waals surface area (Å²) in [5.74, 6) is 0.785. The van der Waals surface area contributed by atoms with Crippen LogP contribution < -0.4 is 0 Å². The average molecular weight is 381 g/mol. The quantitative estimate of drug-likeness (QED) is 0.431. The largest absolute Gasteiger partial charge is 0.360 e. The molecule has 6 heteroatoms. The van der Waals surface area contributed by atoms with Crippen LogP contribution in [0.1, 0.15) is 0 Å². The van der Waals surface area contributed by atoms with Gasteiger partial charge in [0.25, 0.3) is 0 Å². The molecule has 0 aliphatic heterocycles. The number of H-pyrrole nitrogens is 2. The lowest BCUT2D eigenvalue weighted by Crippen LogP contribution is -1.77. The van der Waals surface area contributed by atoms with Gasteiger partial charge in [0.15, 0.2) is 0 Å². The highest BCUT2D eigenvalue weighted by molar-refractivity contribution is 9.10. The van der Waals surface area contributed by atoms with E-state index < -0.39 is 0 Å². The van der Waals surface area contributed by atoms with E-state index in [9.17, 15) is 0 Å². The minimum absolute atomic E-state index is 0.504. The summed E-state index contributed by atoms with van der Waals surface area (Å²) in [6.07, 6.45) is 1.94. The van der Waals surface area contributed by atoms with Gasteiger partial charge in [0.05, 0.1) is 21.1 Å². The molecule has 104 valence electrons. The minimum Gasteiger partial charge on any atom is -0.360 e. The van der Waals surface area contributed by atoms with Crippen LogP contribution in [0.4, 0.5) is 0 Å². The van der Waals surface area contributed by atoms with Gasteiger partial charge in [-0.15, -0.1) is 0 Å². The van der Waals surface area contributed by atoms with Gasteiger partial charge in [0, 0.05) is 27.1 Å². The highest BCUT2D eigenvalue weighted by Crippen LogP contribution is 2.32. The molecule has 0 spiro atoms. The lowest BCUT2D eigenvalue weighted by Gasteiger charge is -1.95. The fourth-order valence-corrected chi connectivity index (χ4v) is 3.10. The van der Waals surface area contributed by atoms with Crippen LogP contribution in [0.2, 0.25) is 10.0 Å². The van der Waals surface area contributed by atoms with E-state index in [0.29, 0.717) is 10.0 Å². The number of nitrogens with zero attached hydrogens (tertiary/aromatic N) is 1. The minimum atomic E-state index is 0.504. The van der Waals surface area contributed by atoms with Gasteiger partial charge in [-0.1, -0.05) is 39.1 Å². The number of aromatic amines is 2. The number of rotatable bonds is 1. The molecule has 0 radical (unpaired) electrons. The molecule has 21 heavy (non-hydrogen) atoms. The van der Waals surface area contributed by atoms with Gasteiger partial charge in [-0.2, -0.15) is 0 Å². The molecule has 2 aromatic heterocycles. The maximum atomic E-state index is 6.05. The Kier molecular flexibility index (Phi) is 2.99. The zero-order valence-electron chi connectivity index (χ0n) is 10.5. The third kappa shape index (κ3) is 2.14. The first-order valence-corrected chi connectivity index (χ1v) is 7.78. The fraction of sp³-hybridized carbons (Fsp3) is 0. The number of halogens is 3. The summed E-state index contributed by atoms with van der Waals surface area (Å²) in [7, 11) is 0. The topological polar surface area (TPSA) is 44.5 Å². The Balaban J connectivity index is 1.97. The van der Waals surface area contributed by atoms with Crippen LogP contribution in [0.3, 0.4) is 0 Å². The maximum absolute atomic E-state index is 6.05. The fourth-order valence-electron chi connectivity index (χ4n) is 2.42. The number of benzene rings is 2. The van der Waals surface area contributed by atoms with Crippen LogP contribution >= 0.6 is 39.1 Å². The van der Waals surface area contributed by atoms with Gasteiger partial charge in [-0.3, -0.25) is 0 Å². The molecule has 0 fully saturated rings. The molecular weight excluding hydrogens is 373 g/mol. The van der Waals surface area contributed by atoms with E-state index in [1.54, 1.807) is 12.1 Å². The van der Waals surface area contributed by atoms with Gasteiger partial charge in [0.2, 0.25) is 0 Å². The number of hydrogen-bond acceptors (Lipinski definition) is 1. The zero-order chi connectivity index (χ0) is 14.6. The predicted octanol–water partition coefficient (Wildman–Crippen LogP) is 5.78. The van der Waals surface area contributed by atoms with Gasteiger partial charge in [0.1, 0.15) is 5.82 Å². The molecule has 2 heterocycles. The average Bonchev–Trinajstić information content (AvgIpc) is 3.02. The molecule has 0 unspecified atom stereocenters. The predicted molar refractivity (Wildman–Crippen MR) is 91.1 cm³/mol. The molecule has 2 N–H and O–H groups in total. The summed E-state index contributed by atoms with van der Waals surface area (Å²) in [5.41, 5.74) is 3.73. The van der Waals surface area contributed by atoms with Crippen molar-refractivity contribution in [1.82, 2.24) is 15.0 Å². The zero-order valence-corrected chi connectivity index (χ0v) is 13.6. The molecule has 3 nitrogen and oxygen atoms in total. The number of aromatic nitrogens is 3. The first-order chi connectivity index (χ1) is 10.1. The van der Waals surface area contributed by atoms with Crippen molar-refractivity contribution in [2.24, 2.45) is 0 Å². The lowest BCUT2D eigenvalue weighted by atomic mass is 10.2. The van der Waals surface area contributed by atoms with Crippen LogP contribution in [-0.2, 0) is 0 Å². The molecule has 0 saturated carbocycles. The van der Waals surface area contributed by atoms with Crippen LogP contribution in [0.5, 0.6) is 0 Å². The Morgan fingerprint density at radius 2 is 1.81 bits per heavy atom. The van der Waals surface area contributed by atoms with Gasteiger partial charge < -0.3 is 9.97 Å². The van der Waals surface area contributed by atoms with Crippen LogP contribution in [-0.4, -0.2) is 15.0 Å². The molecule has 0 amide bonds. The summed E-state index contributed by atoms with van der Waals surface area (Å²) in [4.78, 5) is 11.1. The number of nitrogens with one attached hydrogen (secondary N) is 2. The highest BCUT2D eigenvalue weighted by atomic mass is 79.9. The van der Waals surface area contributed by atoms with Crippen LogP contribution in [0, 0.1) is 0 Å². The normalized spacial score (nSPS) is 11.6. The van der Waals surface area contributed by atoms with Gasteiger partial charge in [-0.25, -0.2) is 4.98 Å². The van der Waals surface area contributed by atoms with Crippen LogP contribution in [0.25, 0.3) is 33.3 Å². The Morgan fingerprint density at radius 3 is 2.67 bits per heavy atom. The Hall–Kier alpha value is -1.49. The summed E-state index contributed by atoms with van der Waals surface area (Å²) in [6, 6.07) is 9.65. The second-order valence-corrected chi connectivity index (χ2v) is 6.49. The lowest BCUT2D eigenvalue weighted by molar-refractivity contribution is 1.34. The molecular formula is C15H8BrCl2N3. The smallest absolute Gasteiger partial charge is 0.140 e. The SMILES string of the molecule is Clc1cc2nc(-c3c[nH]c4ccc(Br)cc34)[nH]c2cc1Cl. The summed E-state index contributed by atoms with van der Waals surface area (Å²) in [5, 5.41) is 2.12. The second-order valence-electron chi connectivity index (χ2n) is 4.76. The highest BCUT2D eigenvalue weighted by Gasteiger charge is 2.12. The van der Waals surface area contributed by atoms with E-state index in [2.05, 4.69) is 36.9 Å².